The Morgan fingerprint density at radius 1 is 0.800 bits per heavy atom. The van der Waals surface area contributed by atoms with Gasteiger partial charge in [-0.25, -0.2) is 0 Å². The molecule has 0 atom stereocenters. The Kier molecular flexibility index (Phi) is 4.04. The van der Waals surface area contributed by atoms with Gasteiger partial charge in [-0.05, 0) is 24.3 Å². The number of rotatable bonds is 0. The summed E-state index contributed by atoms with van der Waals surface area (Å²) in [5.74, 6) is -0.553. The molecule has 1 aromatic carbocycles. The molecule has 0 unspecified atom stereocenters. The molecule has 0 saturated heterocycles. The minimum Gasteiger partial charge on any atom is -0.508 e. The van der Waals surface area contributed by atoms with E-state index < -0.39 is 11.6 Å². The van der Waals surface area contributed by atoms with Crippen LogP contribution in [0.4, 0.5) is 0 Å². The van der Waals surface area contributed by atoms with Gasteiger partial charge in [0, 0.05) is 0 Å². The molecule has 0 aliphatic heterocycles. The first kappa shape index (κ1) is 10.9. The van der Waals surface area contributed by atoms with Gasteiger partial charge < -0.3 is 5.11 Å². The third kappa shape index (κ3) is 4.04. The number of aromatic hydroxyl groups is 1. The van der Waals surface area contributed by atoms with E-state index >= 15 is 0 Å². The Hall–Kier alpha value is -2.16. The summed E-state index contributed by atoms with van der Waals surface area (Å²) in [4.78, 5) is 20.6. The third-order valence-electron chi connectivity index (χ3n) is 1.61. The molecule has 1 N–H and O–H groups in total. The van der Waals surface area contributed by atoms with Gasteiger partial charge in [-0.15, -0.1) is 0 Å². The predicted octanol–water partition coefficient (Wildman–Crippen LogP) is 1.64. The fraction of sp³-hybridized carbons (Fsp3) is 0. The third-order valence-corrected chi connectivity index (χ3v) is 1.61. The van der Waals surface area contributed by atoms with E-state index in [2.05, 4.69) is 0 Å². The lowest BCUT2D eigenvalue weighted by molar-refractivity contribution is -0.131. The van der Waals surface area contributed by atoms with E-state index in [1.54, 1.807) is 36.4 Å². The highest BCUT2D eigenvalue weighted by Gasteiger charge is 2.06. The second-order valence-corrected chi connectivity index (χ2v) is 2.78. The maximum Gasteiger partial charge on any atom is 0.225 e. The number of allylic oxidation sites excluding steroid dienone is 4. The number of phenols is 1. The SMILES string of the molecule is O=C1C=CC=CC1=O.Oc1ccccc1. The molecule has 3 nitrogen and oxygen atoms in total. The summed E-state index contributed by atoms with van der Waals surface area (Å²) in [6, 6.07) is 8.71. The largest absolute Gasteiger partial charge is 0.508 e. The van der Waals surface area contributed by atoms with E-state index in [-0.39, 0.29) is 0 Å². The van der Waals surface area contributed by atoms with Crippen LogP contribution in [0.15, 0.2) is 54.6 Å². The number of hydrogen-bond donors (Lipinski definition) is 1. The van der Waals surface area contributed by atoms with Gasteiger partial charge in [0.25, 0.3) is 0 Å². The van der Waals surface area contributed by atoms with E-state index in [1.165, 1.54) is 12.2 Å². The van der Waals surface area contributed by atoms with Crippen LogP contribution in [-0.2, 0) is 9.59 Å². The molecule has 0 bridgehead atoms. The van der Waals surface area contributed by atoms with Crippen LogP contribution < -0.4 is 0 Å². The van der Waals surface area contributed by atoms with Crippen LogP contribution in [0, 0.1) is 0 Å². The lowest BCUT2D eigenvalue weighted by Crippen LogP contribution is -2.08. The number of ketones is 2. The first-order chi connectivity index (χ1) is 7.20. The first-order valence-electron chi connectivity index (χ1n) is 4.37. The molecule has 0 amide bonds. The van der Waals surface area contributed by atoms with E-state index in [4.69, 9.17) is 5.11 Å². The van der Waals surface area contributed by atoms with Gasteiger partial charge >= 0.3 is 0 Å². The zero-order valence-electron chi connectivity index (χ0n) is 7.96. The average Bonchev–Trinajstić information content (AvgIpc) is 2.25. The van der Waals surface area contributed by atoms with E-state index in [0.29, 0.717) is 5.75 Å². The fourth-order valence-corrected chi connectivity index (χ4v) is 0.878. The molecular weight excluding hydrogens is 192 g/mol. The van der Waals surface area contributed by atoms with Gasteiger partial charge in [0.2, 0.25) is 11.6 Å². The molecule has 0 spiro atoms. The summed E-state index contributed by atoms with van der Waals surface area (Å²) in [5.41, 5.74) is 0. The topological polar surface area (TPSA) is 54.4 Å². The predicted molar refractivity (Wildman–Crippen MR) is 56.4 cm³/mol. The Morgan fingerprint density at radius 2 is 1.27 bits per heavy atom. The Labute approximate surface area is 87.4 Å². The van der Waals surface area contributed by atoms with Crippen molar-refractivity contribution in [1.82, 2.24) is 0 Å². The van der Waals surface area contributed by atoms with Gasteiger partial charge in [-0.1, -0.05) is 30.4 Å². The van der Waals surface area contributed by atoms with Gasteiger partial charge in [0.05, 0.1) is 0 Å². The molecule has 15 heavy (non-hydrogen) atoms. The van der Waals surface area contributed by atoms with Gasteiger partial charge in [-0.3, -0.25) is 9.59 Å². The molecule has 2 rings (SSSR count). The number of benzene rings is 1. The van der Waals surface area contributed by atoms with Crippen molar-refractivity contribution in [2.75, 3.05) is 0 Å². The standard InChI is InChI=1S/C6H4O2.C6H6O/c7-5-3-1-2-4-6(5)8;7-6-4-2-1-3-5-6/h1-4H;1-5,7H. The molecule has 76 valence electrons. The van der Waals surface area contributed by atoms with Crippen LogP contribution in [0.1, 0.15) is 0 Å². The van der Waals surface area contributed by atoms with Crippen molar-refractivity contribution >= 4 is 11.6 Å². The molecule has 0 saturated carbocycles. The van der Waals surface area contributed by atoms with Gasteiger partial charge in [0.15, 0.2) is 0 Å². The van der Waals surface area contributed by atoms with Crippen LogP contribution in [-0.4, -0.2) is 16.7 Å². The smallest absolute Gasteiger partial charge is 0.225 e. The molecule has 1 aromatic rings. The van der Waals surface area contributed by atoms with Crippen LogP contribution in [0.25, 0.3) is 0 Å². The van der Waals surface area contributed by atoms with Crippen molar-refractivity contribution in [3.05, 3.63) is 54.6 Å². The van der Waals surface area contributed by atoms with Crippen LogP contribution >= 0.6 is 0 Å². The second-order valence-electron chi connectivity index (χ2n) is 2.78. The average molecular weight is 202 g/mol. The van der Waals surface area contributed by atoms with Crippen LogP contribution in [0.3, 0.4) is 0 Å². The Bertz CT molecular complexity index is 380. The number of carbonyl (C=O) groups is 2. The summed E-state index contributed by atoms with van der Waals surface area (Å²) >= 11 is 0. The zero-order chi connectivity index (χ0) is 11.1. The number of phenolic OH excluding ortho intramolecular Hbond substituents is 1. The molecule has 0 aromatic heterocycles. The normalized spacial score (nSPS) is 13.3. The molecule has 0 fully saturated rings. The summed E-state index contributed by atoms with van der Waals surface area (Å²) < 4.78 is 0. The molecule has 1 aliphatic carbocycles. The highest BCUT2D eigenvalue weighted by molar-refractivity contribution is 6.46. The second kappa shape index (κ2) is 5.54. The highest BCUT2D eigenvalue weighted by atomic mass is 16.3. The first-order valence-corrected chi connectivity index (χ1v) is 4.37. The number of carbonyl (C=O) groups excluding carboxylic acids is 2. The van der Waals surface area contributed by atoms with Crippen molar-refractivity contribution in [3.63, 3.8) is 0 Å². The lowest BCUT2D eigenvalue weighted by atomic mass is 10.1. The van der Waals surface area contributed by atoms with E-state index in [1.807, 2.05) is 6.07 Å². The van der Waals surface area contributed by atoms with Crippen LogP contribution in [0.5, 0.6) is 5.75 Å². The summed E-state index contributed by atoms with van der Waals surface area (Å²) in [6.07, 6.45) is 5.60. The Balaban J connectivity index is 0.000000151. The van der Waals surface area contributed by atoms with Crippen molar-refractivity contribution in [2.24, 2.45) is 0 Å². The summed E-state index contributed by atoms with van der Waals surface area (Å²) in [7, 11) is 0. The van der Waals surface area contributed by atoms with E-state index in [0.717, 1.165) is 0 Å². The molecule has 1 aliphatic rings. The quantitative estimate of drug-likeness (QED) is 0.514. The lowest BCUT2D eigenvalue weighted by Gasteiger charge is -1.88. The van der Waals surface area contributed by atoms with Gasteiger partial charge in [-0.2, -0.15) is 0 Å². The maximum atomic E-state index is 10.3. The number of hydrogen-bond acceptors (Lipinski definition) is 3. The summed E-state index contributed by atoms with van der Waals surface area (Å²) in [6.45, 7) is 0. The zero-order valence-corrected chi connectivity index (χ0v) is 7.96. The van der Waals surface area contributed by atoms with Crippen molar-refractivity contribution in [3.8, 4) is 5.75 Å². The van der Waals surface area contributed by atoms with Crippen molar-refractivity contribution < 1.29 is 14.7 Å². The maximum absolute atomic E-state index is 10.3. The number of para-hydroxylation sites is 1. The Morgan fingerprint density at radius 3 is 1.53 bits per heavy atom. The molecular formula is C12H10O3. The minimum absolute atomic E-state index is 0.322. The molecule has 0 radical (unpaired) electrons. The van der Waals surface area contributed by atoms with Crippen molar-refractivity contribution in [2.45, 2.75) is 0 Å². The van der Waals surface area contributed by atoms with Crippen molar-refractivity contribution in [1.29, 1.82) is 0 Å². The molecule has 0 heterocycles. The molecule has 3 heteroatoms. The minimum atomic E-state index is -0.437. The van der Waals surface area contributed by atoms with Gasteiger partial charge in [0.1, 0.15) is 5.75 Å². The van der Waals surface area contributed by atoms with E-state index in [9.17, 15) is 9.59 Å². The fourth-order valence-electron chi connectivity index (χ4n) is 0.878. The highest BCUT2D eigenvalue weighted by Crippen LogP contribution is 2.02. The monoisotopic (exact) mass is 202 g/mol. The summed E-state index contributed by atoms with van der Waals surface area (Å²) in [5, 5.41) is 8.63. The van der Waals surface area contributed by atoms with Crippen LogP contribution in [0.2, 0.25) is 0 Å².